The topological polar surface area (TPSA) is 62.2 Å². The fourth-order valence-corrected chi connectivity index (χ4v) is 3.05. The molecule has 3 rings (SSSR count). The van der Waals surface area contributed by atoms with Crippen LogP contribution in [0.4, 0.5) is 20.6 Å². The van der Waals surface area contributed by atoms with Crippen LogP contribution in [0.15, 0.2) is 30.5 Å². The summed E-state index contributed by atoms with van der Waals surface area (Å²) in [4.78, 5) is 14.2. The summed E-state index contributed by atoms with van der Waals surface area (Å²) in [6.45, 7) is 3.32. The monoisotopic (exact) mass is 331 g/mol. The number of carbonyl (C=O) groups excluding carboxylic acids is 1. The summed E-state index contributed by atoms with van der Waals surface area (Å²) in [6, 6.07) is 6.46. The molecule has 2 heterocycles. The second-order valence-corrected chi connectivity index (χ2v) is 6.00. The van der Waals surface area contributed by atoms with E-state index in [2.05, 4.69) is 15.7 Å². The highest BCUT2D eigenvalue weighted by molar-refractivity contribution is 5.90. The minimum Gasteiger partial charge on any atom is -0.367 e. The Bertz CT molecular complexity index is 730. The van der Waals surface area contributed by atoms with E-state index in [1.807, 2.05) is 24.9 Å². The molecule has 1 aliphatic heterocycles. The van der Waals surface area contributed by atoms with Crippen molar-refractivity contribution in [1.29, 1.82) is 0 Å². The third kappa shape index (κ3) is 3.50. The van der Waals surface area contributed by atoms with Gasteiger partial charge in [0.2, 0.25) is 0 Å². The number of para-hydroxylation sites is 1. The summed E-state index contributed by atoms with van der Waals surface area (Å²) in [5.74, 6) is -0.231. The summed E-state index contributed by atoms with van der Waals surface area (Å²) in [7, 11) is 1.82. The van der Waals surface area contributed by atoms with E-state index in [0.29, 0.717) is 12.2 Å². The van der Waals surface area contributed by atoms with E-state index in [9.17, 15) is 9.18 Å². The van der Waals surface area contributed by atoms with Crippen molar-refractivity contribution in [1.82, 2.24) is 15.1 Å². The number of aromatic nitrogens is 2. The number of nitrogens with zero attached hydrogens (tertiary/aromatic N) is 3. The Hall–Kier alpha value is -2.57. The van der Waals surface area contributed by atoms with Gasteiger partial charge in [-0.25, -0.2) is 9.18 Å². The molecular weight excluding hydrogens is 309 g/mol. The Kier molecular flexibility index (Phi) is 4.69. The number of anilines is 2. The van der Waals surface area contributed by atoms with E-state index < -0.39 is 0 Å². The molecule has 2 aromatic rings. The average molecular weight is 331 g/mol. The van der Waals surface area contributed by atoms with Crippen molar-refractivity contribution < 1.29 is 9.18 Å². The Morgan fingerprint density at radius 3 is 2.96 bits per heavy atom. The highest BCUT2D eigenvalue weighted by atomic mass is 19.1. The van der Waals surface area contributed by atoms with Gasteiger partial charge in [-0.3, -0.25) is 4.68 Å². The van der Waals surface area contributed by atoms with Crippen LogP contribution in [0.1, 0.15) is 19.0 Å². The Morgan fingerprint density at radius 2 is 2.21 bits per heavy atom. The molecule has 1 atom stereocenters. The molecule has 128 valence electrons. The van der Waals surface area contributed by atoms with Crippen LogP contribution in [-0.2, 0) is 13.5 Å². The molecule has 2 amide bonds. The summed E-state index contributed by atoms with van der Waals surface area (Å²) >= 11 is 0. The first-order valence-corrected chi connectivity index (χ1v) is 8.16. The Labute approximate surface area is 140 Å². The summed E-state index contributed by atoms with van der Waals surface area (Å²) in [5.41, 5.74) is 2.16. The zero-order valence-corrected chi connectivity index (χ0v) is 13.9. The number of hydrogen-bond acceptors (Lipinski definition) is 3. The SMILES string of the molecule is CCc1nn(C)cc1NC(=O)N[C@H]1CCN(c2ccccc2F)C1. The first-order valence-electron chi connectivity index (χ1n) is 8.16. The number of nitrogens with one attached hydrogen (secondary N) is 2. The highest BCUT2D eigenvalue weighted by Gasteiger charge is 2.25. The maximum absolute atomic E-state index is 13.9. The lowest BCUT2D eigenvalue weighted by molar-refractivity contribution is 0.249. The first kappa shape index (κ1) is 16.3. The lowest BCUT2D eigenvalue weighted by Crippen LogP contribution is -2.39. The molecule has 1 saturated heterocycles. The molecular formula is C17H22FN5O. The molecule has 0 radical (unpaired) electrons. The lowest BCUT2D eigenvalue weighted by atomic mass is 10.2. The van der Waals surface area contributed by atoms with Crippen LogP contribution >= 0.6 is 0 Å². The van der Waals surface area contributed by atoms with E-state index in [-0.39, 0.29) is 17.9 Å². The molecule has 24 heavy (non-hydrogen) atoms. The van der Waals surface area contributed by atoms with Gasteiger partial charge in [0.15, 0.2) is 0 Å². The maximum Gasteiger partial charge on any atom is 0.319 e. The molecule has 1 aliphatic rings. The van der Waals surface area contributed by atoms with Crippen molar-refractivity contribution in [3.63, 3.8) is 0 Å². The van der Waals surface area contributed by atoms with Crippen LogP contribution in [0.25, 0.3) is 0 Å². The number of carbonyl (C=O) groups is 1. The van der Waals surface area contributed by atoms with Crippen LogP contribution in [0.2, 0.25) is 0 Å². The molecule has 0 unspecified atom stereocenters. The van der Waals surface area contributed by atoms with Gasteiger partial charge in [-0.1, -0.05) is 19.1 Å². The largest absolute Gasteiger partial charge is 0.367 e. The molecule has 0 bridgehead atoms. The number of benzene rings is 1. The van der Waals surface area contributed by atoms with Crippen LogP contribution in [0.3, 0.4) is 0 Å². The normalized spacial score (nSPS) is 17.1. The zero-order chi connectivity index (χ0) is 17.1. The first-order chi connectivity index (χ1) is 11.6. The number of aryl methyl sites for hydroxylation is 2. The van der Waals surface area contributed by atoms with Crippen molar-refractivity contribution in [2.75, 3.05) is 23.3 Å². The smallest absolute Gasteiger partial charge is 0.319 e. The lowest BCUT2D eigenvalue weighted by Gasteiger charge is -2.19. The molecule has 0 aliphatic carbocycles. The van der Waals surface area contributed by atoms with E-state index >= 15 is 0 Å². The number of halogens is 1. The van der Waals surface area contributed by atoms with Crippen molar-refractivity contribution in [2.24, 2.45) is 7.05 Å². The standard InChI is InChI=1S/C17H22FN5O/c1-3-14-15(11-22(2)21-14)20-17(24)19-12-8-9-23(10-12)16-7-5-4-6-13(16)18/h4-7,11-12H,3,8-10H2,1-2H3,(H2,19,20,24)/t12-/m0/s1. The Morgan fingerprint density at radius 1 is 1.42 bits per heavy atom. The van der Waals surface area contributed by atoms with Gasteiger partial charge in [0.25, 0.3) is 0 Å². The molecule has 2 N–H and O–H groups in total. The number of urea groups is 1. The average Bonchev–Trinajstić information content (AvgIpc) is 3.14. The van der Waals surface area contributed by atoms with E-state index in [1.54, 1.807) is 23.0 Å². The van der Waals surface area contributed by atoms with Gasteiger partial charge < -0.3 is 15.5 Å². The number of amides is 2. The molecule has 1 fully saturated rings. The van der Waals surface area contributed by atoms with Crippen LogP contribution in [0, 0.1) is 5.82 Å². The van der Waals surface area contributed by atoms with E-state index in [4.69, 9.17) is 0 Å². The number of hydrogen-bond donors (Lipinski definition) is 2. The summed E-state index contributed by atoms with van der Waals surface area (Å²) in [6.07, 6.45) is 3.33. The molecule has 0 spiro atoms. The van der Waals surface area contributed by atoms with Gasteiger partial charge in [0.05, 0.1) is 17.1 Å². The Balaban J connectivity index is 1.57. The van der Waals surface area contributed by atoms with Crippen molar-refractivity contribution in [3.8, 4) is 0 Å². The summed E-state index contributed by atoms with van der Waals surface area (Å²) in [5, 5.41) is 10.1. The molecule has 1 aromatic heterocycles. The zero-order valence-electron chi connectivity index (χ0n) is 13.9. The molecule has 7 heteroatoms. The van der Waals surface area contributed by atoms with E-state index in [0.717, 1.165) is 30.8 Å². The minimum absolute atomic E-state index is 0.00801. The van der Waals surface area contributed by atoms with Crippen LogP contribution < -0.4 is 15.5 Å². The third-order valence-electron chi connectivity index (χ3n) is 4.20. The van der Waals surface area contributed by atoms with Crippen LogP contribution in [-0.4, -0.2) is 34.9 Å². The third-order valence-corrected chi connectivity index (χ3v) is 4.20. The van der Waals surface area contributed by atoms with Gasteiger partial charge in [-0.2, -0.15) is 5.10 Å². The van der Waals surface area contributed by atoms with Crippen LogP contribution in [0.5, 0.6) is 0 Å². The second-order valence-electron chi connectivity index (χ2n) is 6.00. The maximum atomic E-state index is 13.9. The van der Waals surface area contributed by atoms with E-state index in [1.165, 1.54) is 6.07 Å². The quantitative estimate of drug-likeness (QED) is 0.905. The van der Waals surface area contributed by atoms with Crippen molar-refractivity contribution in [2.45, 2.75) is 25.8 Å². The van der Waals surface area contributed by atoms with Gasteiger partial charge in [-0.05, 0) is 25.0 Å². The minimum atomic E-state index is -0.252. The predicted octanol–water partition coefficient (Wildman–Crippen LogP) is 2.52. The number of rotatable bonds is 4. The highest BCUT2D eigenvalue weighted by Crippen LogP contribution is 2.23. The molecule has 6 nitrogen and oxygen atoms in total. The molecule has 0 saturated carbocycles. The predicted molar refractivity (Wildman–Crippen MR) is 91.8 cm³/mol. The van der Waals surface area contributed by atoms with Gasteiger partial charge in [-0.15, -0.1) is 0 Å². The second kappa shape index (κ2) is 6.90. The molecule has 1 aromatic carbocycles. The fourth-order valence-electron chi connectivity index (χ4n) is 3.05. The van der Waals surface area contributed by atoms with Gasteiger partial charge >= 0.3 is 6.03 Å². The van der Waals surface area contributed by atoms with Crippen molar-refractivity contribution in [3.05, 3.63) is 42.0 Å². The van der Waals surface area contributed by atoms with Gasteiger partial charge in [0.1, 0.15) is 5.82 Å². The van der Waals surface area contributed by atoms with Gasteiger partial charge in [0, 0.05) is 32.4 Å². The van der Waals surface area contributed by atoms with Crippen molar-refractivity contribution >= 4 is 17.4 Å². The fraction of sp³-hybridized carbons (Fsp3) is 0.412. The summed E-state index contributed by atoms with van der Waals surface area (Å²) < 4.78 is 15.5.